The first-order valence-corrected chi connectivity index (χ1v) is 15.8. The molecule has 0 radical (unpaired) electrons. The number of thioether (sulfide) groups is 1. The lowest BCUT2D eigenvalue weighted by atomic mass is 9.93. The van der Waals surface area contributed by atoms with E-state index in [0.29, 0.717) is 5.56 Å². The fourth-order valence-electron chi connectivity index (χ4n) is 3.95. The van der Waals surface area contributed by atoms with Crippen LogP contribution in [0.25, 0.3) is 0 Å². The summed E-state index contributed by atoms with van der Waals surface area (Å²) in [6, 6.07) is 17.0. The number of hydrogen-bond donors (Lipinski definition) is 3. The Morgan fingerprint density at radius 2 is 1.57 bits per heavy atom. The molecular formula is C29H41N5O4S2. The van der Waals surface area contributed by atoms with Crippen molar-refractivity contribution in [1.29, 1.82) is 0 Å². The van der Waals surface area contributed by atoms with Gasteiger partial charge in [0.25, 0.3) is 0 Å². The smallest absolute Gasteiger partial charge is 0.249 e. The molecule has 0 spiro atoms. The van der Waals surface area contributed by atoms with E-state index in [0.717, 1.165) is 29.4 Å². The van der Waals surface area contributed by atoms with Gasteiger partial charge in [0.2, 0.25) is 21.8 Å². The summed E-state index contributed by atoms with van der Waals surface area (Å²) in [6.45, 7) is 12.8. The van der Waals surface area contributed by atoms with Crippen molar-refractivity contribution < 1.29 is 18.0 Å². The first kappa shape index (κ1) is 31.6. The van der Waals surface area contributed by atoms with Crippen LogP contribution in [-0.2, 0) is 30.9 Å². The van der Waals surface area contributed by atoms with Crippen molar-refractivity contribution >= 4 is 44.5 Å². The minimum atomic E-state index is -3.76. The highest BCUT2D eigenvalue weighted by molar-refractivity contribution is 8.14. The number of hydrazone groups is 1. The van der Waals surface area contributed by atoms with E-state index in [1.807, 2.05) is 61.5 Å². The second-order valence-corrected chi connectivity index (χ2v) is 15.0. The van der Waals surface area contributed by atoms with Crippen molar-refractivity contribution in [3.8, 4) is 0 Å². The number of nitrogens with one attached hydrogen (secondary N) is 3. The average Bonchev–Trinajstić information content (AvgIpc) is 3.25. The normalized spacial score (nSPS) is 17.9. The third-order valence-corrected chi connectivity index (χ3v) is 8.97. The fraction of sp³-hybridized carbons (Fsp3) is 0.483. The van der Waals surface area contributed by atoms with E-state index < -0.39 is 25.7 Å². The molecule has 3 N–H and O–H groups in total. The Morgan fingerprint density at radius 1 is 0.950 bits per heavy atom. The molecule has 2 amide bonds. The predicted molar refractivity (Wildman–Crippen MR) is 163 cm³/mol. The van der Waals surface area contributed by atoms with Gasteiger partial charge in [-0.2, -0.15) is 0 Å². The zero-order valence-electron chi connectivity index (χ0n) is 24.4. The minimum Gasteiger partial charge on any atom is -0.384 e. The maximum absolute atomic E-state index is 13.7. The molecule has 1 aliphatic heterocycles. The molecule has 2 aromatic carbocycles. The van der Waals surface area contributed by atoms with Gasteiger partial charge in [0.05, 0.1) is 12.3 Å². The van der Waals surface area contributed by atoms with Crippen molar-refractivity contribution in [3.63, 3.8) is 0 Å². The lowest BCUT2D eigenvalue weighted by molar-refractivity contribution is -0.143. The van der Waals surface area contributed by atoms with Gasteiger partial charge in [-0.1, -0.05) is 97.0 Å². The predicted octanol–water partition coefficient (Wildman–Crippen LogP) is 4.49. The van der Waals surface area contributed by atoms with Crippen LogP contribution < -0.4 is 15.4 Å². The first-order valence-electron chi connectivity index (χ1n) is 13.4. The molecule has 0 saturated heterocycles. The summed E-state index contributed by atoms with van der Waals surface area (Å²) in [5.74, 6) is -0.729. The molecule has 0 aliphatic carbocycles. The number of benzene rings is 2. The Balaban J connectivity index is 1.89. The Bertz CT molecular complexity index is 1350. The molecule has 3 rings (SSSR count). The molecule has 0 fully saturated rings. The van der Waals surface area contributed by atoms with Gasteiger partial charge in [-0.15, -0.1) is 5.10 Å². The van der Waals surface area contributed by atoms with Crippen LogP contribution in [0, 0.1) is 10.8 Å². The SMILES string of the molecule is CCc1ccccc1NCCS(=O)(=O)NC[C@@]1(c2ccccc2)SC(NC(=O)C(C)(C)C)=NN1C(=O)C(C)(C)C. The van der Waals surface area contributed by atoms with Crippen LogP contribution in [-0.4, -0.2) is 49.3 Å². The summed E-state index contributed by atoms with van der Waals surface area (Å²) in [5, 5.41) is 12.2. The van der Waals surface area contributed by atoms with Crippen LogP contribution in [0.2, 0.25) is 0 Å². The molecule has 2 aromatic rings. The van der Waals surface area contributed by atoms with Crippen LogP contribution in [0.4, 0.5) is 5.69 Å². The van der Waals surface area contributed by atoms with Crippen LogP contribution in [0.5, 0.6) is 0 Å². The van der Waals surface area contributed by atoms with E-state index in [9.17, 15) is 18.0 Å². The number of hydrogen-bond acceptors (Lipinski definition) is 7. The van der Waals surface area contributed by atoms with Gasteiger partial charge in [-0.25, -0.2) is 18.1 Å². The number of sulfonamides is 1. The van der Waals surface area contributed by atoms with Crippen molar-refractivity contribution in [2.75, 3.05) is 24.2 Å². The minimum absolute atomic E-state index is 0.143. The van der Waals surface area contributed by atoms with Crippen LogP contribution in [0.1, 0.15) is 59.6 Å². The Morgan fingerprint density at radius 3 is 2.17 bits per heavy atom. The molecule has 11 heteroatoms. The fourth-order valence-corrected chi connectivity index (χ4v) is 6.18. The first-order chi connectivity index (χ1) is 18.6. The quantitative estimate of drug-likeness (QED) is 0.398. The highest BCUT2D eigenvalue weighted by Crippen LogP contribution is 2.47. The van der Waals surface area contributed by atoms with Gasteiger partial charge in [-0.05, 0) is 35.4 Å². The van der Waals surface area contributed by atoms with Gasteiger partial charge in [0, 0.05) is 23.1 Å². The molecule has 218 valence electrons. The lowest BCUT2D eigenvalue weighted by Crippen LogP contribution is -2.52. The van der Waals surface area contributed by atoms with Crippen LogP contribution in [0.15, 0.2) is 59.7 Å². The van der Waals surface area contributed by atoms with Crippen molar-refractivity contribution in [2.24, 2.45) is 15.9 Å². The lowest BCUT2D eigenvalue weighted by Gasteiger charge is -2.38. The second-order valence-electron chi connectivity index (χ2n) is 11.8. The van der Waals surface area contributed by atoms with E-state index >= 15 is 0 Å². The van der Waals surface area contributed by atoms with Crippen molar-refractivity contribution in [1.82, 2.24) is 15.0 Å². The molecule has 40 heavy (non-hydrogen) atoms. The van der Waals surface area contributed by atoms with E-state index in [-0.39, 0.29) is 35.8 Å². The third-order valence-electron chi connectivity index (χ3n) is 6.38. The maximum Gasteiger partial charge on any atom is 0.249 e. The topological polar surface area (TPSA) is 120 Å². The molecule has 0 saturated carbocycles. The number of carbonyl (C=O) groups is 2. The number of rotatable bonds is 9. The van der Waals surface area contributed by atoms with E-state index in [1.165, 1.54) is 5.01 Å². The average molecular weight is 588 g/mol. The van der Waals surface area contributed by atoms with Gasteiger partial charge >= 0.3 is 0 Å². The van der Waals surface area contributed by atoms with Gasteiger partial charge in [0.1, 0.15) is 0 Å². The van der Waals surface area contributed by atoms with Crippen molar-refractivity contribution in [2.45, 2.75) is 59.8 Å². The van der Waals surface area contributed by atoms with E-state index in [4.69, 9.17) is 0 Å². The van der Waals surface area contributed by atoms with Gasteiger partial charge in [0.15, 0.2) is 10.0 Å². The van der Waals surface area contributed by atoms with Crippen molar-refractivity contribution in [3.05, 3.63) is 65.7 Å². The summed E-state index contributed by atoms with van der Waals surface area (Å²) in [7, 11) is -3.76. The molecule has 0 unspecified atom stereocenters. The number of amidine groups is 1. The molecule has 1 atom stereocenters. The second kappa shape index (κ2) is 12.3. The van der Waals surface area contributed by atoms with E-state index in [2.05, 4.69) is 20.5 Å². The number of amides is 2. The number of carbonyl (C=O) groups excluding carboxylic acids is 2. The number of anilines is 1. The summed E-state index contributed by atoms with van der Waals surface area (Å²) >= 11 is 1.16. The standard InChI is InChI=1S/C29H41N5O4S2/c1-8-21-14-12-13-17-23(21)30-18-19-40(37,38)31-20-29(22-15-10-9-11-16-22)34(25(36)28(5,6)7)33-26(39-29)32-24(35)27(2,3)4/h9-17,30-31H,8,18-20H2,1-7H3,(H,32,33,35)/t29-/m0/s1. The Kier molecular flexibility index (Phi) is 9.74. The molecular weight excluding hydrogens is 546 g/mol. The molecule has 1 aliphatic rings. The van der Waals surface area contributed by atoms with Crippen LogP contribution >= 0.6 is 11.8 Å². The Hall–Kier alpha value is -2.89. The molecule has 0 bridgehead atoms. The van der Waals surface area contributed by atoms with Crippen LogP contribution in [0.3, 0.4) is 0 Å². The number of para-hydroxylation sites is 1. The van der Waals surface area contributed by atoms with Gasteiger partial charge in [-0.3, -0.25) is 9.59 Å². The number of nitrogens with zero attached hydrogens (tertiary/aromatic N) is 2. The highest BCUT2D eigenvalue weighted by atomic mass is 32.2. The maximum atomic E-state index is 13.7. The Labute approximate surface area is 242 Å². The van der Waals surface area contributed by atoms with Gasteiger partial charge < -0.3 is 10.6 Å². The zero-order chi connectivity index (χ0) is 29.8. The summed E-state index contributed by atoms with van der Waals surface area (Å²) in [4.78, 5) is 25.3. The number of aryl methyl sites for hydroxylation is 1. The third kappa shape index (κ3) is 7.64. The summed E-state index contributed by atoms with van der Waals surface area (Å²) in [6.07, 6.45) is 0.830. The van der Waals surface area contributed by atoms with E-state index in [1.54, 1.807) is 41.5 Å². The molecule has 0 aromatic heterocycles. The molecule has 9 nitrogen and oxygen atoms in total. The highest BCUT2D eigenvalue weighted by Gasteiger charge is 2.51. The summed E-state index contributed by atoms with van der Waals surface area (Å²) < 4.78 is 29.1. The zero-order valence-corrected chi connectivity index (χ0v) is 26.0. The monoisotopic (exact) mass is 587 g/mol. The summed E-state index contributed by atoms with van der Waals surface area (Å²) in [5.41, 5.74) is 1.19. The molecule has 1 heterocycles. The largest absolute Gasteiger partial charge is 0.384 e.